The Labute approximate surface area is 103 Å². The molecule has 0 spiro atoms. The van der Waals surface area contributed by atoms with Crippen LogP contribution in [0.3, 0.4) is 0 Å². The van der Waals surface area contributed by atoms with Crippen LogP contribution in [0.2, 0.25) is 0 Å². The van der Waals surface area contributed by atoms with E-state index in [1.54, 1.807) is 0 Å². The molecule has 3 nitrogen and oxygen atoms in total. The number of carbonyl (C=O) groups is 1. The Morgan fingerprint density at radius 2 is 2.18 bits per heavy atom. The number of carbonyl (C=O) groups excluding carboxylic acids is 1. The highest BCUT2D eigenvalue weighted by atomic mass is 16.2. The van der Waals surface area contributed by atoms with Crippen LogP contribution in [0.5, 0.6) is 0 Å². The Morgan fingerprint density at radius 3 is 2.76 bits per heavy atom. The number of hydrogen-bond donors (Lipinski definition) is 1. The fourth-order valence-corrected chi connectivity index (χ4v) is 2.27. The highest BCUT2D eigenvalue weighted by Gasteiger charge is 2.26. The van der Waals surface area contributed by atoms with E-state index in [1.807, 2.05) is 30.0 Å². The van der Waals surface area contributed by atoms with Gasteiger partial charge in [-0.3, -0.25) is 4.79 Å². The number of hydrogen-bond acceptors (Lipinski definition) is 2. The molecule has 0 unspecified atom stereocenters. The van der Waals surface area contributed by atoms with Crippen LogP contribution in [0, 0.1) is 5.92 Å². The second-order valence-corrected chi connectivity index (χ2v) is 4.53. The molecule has 1 atom stereocenters. The predicted molar refractivity (Wildman–Crippen MR) is 68.5 cm³/mol. The Kier molecular flexibility index (Phi) is 4.15. The Bertz CT molecular complexity index is 358. The smallest absolute Gasteiger partial charge is 0.227 e. The van der Waals surface area contributed by atoms with Crippen LogP contribution in [0.15, 0.2) is 30.3 Å². The lowest BCUT2D eigenvalue weighted by molar-refractivity contribution is -0.135. The molecule has 0 aliphatic carbocycles. The number of rotatable bonds is 4. The molecule has 1 aliphatic rings. The zero-order valence-corrected chi connectivity index (χ0v) is 10.4. The van der Waals surface area contributed by atoms with Crippen LogP contribution in [-0.2, 0) is 11.3 Å². The third-order valence-corrected chi connectivity index (χ3v) is 3.32. The van der Waals surface area contributed by atoms with E-state index in [-0.39, 0.29) is 5.92 Å². The maximum Gasteiger partial charge on any atom is 0.227 e. The third kappa shape index (κ3) is 3.07. The maximum absolute atomic E-state index is 12.3. The summed E-state index contributed by atoms with van der Waals surface area (Å²) in [5, 5.41) is 3.25. The van der Waals surface area contributed by atoms with Crippen LogP contribution in [0.25, 0.3) is 0 Å². The molecular weight excluding hydrogens is 212 g/mol. The van der Waals surface area contributed by atoms with Gasteiger partial charge in [-0.05, 0) is 25.5 Å². The molecule has 1 fully saturated rings. The van der Waals surface area contributed by atoms with Crippen molar-refractivity contribution in [2.45, 2.75) is 19.9 Å². The van der Waals surface area contributed by atoms with Gasteiger partial charge in [0.05, 0.1) is 5.92 Å². The molecule has 1 heterocycles. The van der Waals surface area contributed by atoms with Gasteiger partial charge in [0.25, 0.3) is 0 Å². The first-order valence-electron chi connectivity index (χ1n) is 6.34. The van der Waals surface area contributed by atoms with Crippen molar-refractivity contribution in [1.29, 1.82) is 0 Å². The molecule has 1 saturated heterocycles. The molecule has 0 bridgehead atoms. The Balaban J connectivity index is 1.98. The fourth-order valence-electron chi connectivity index (χ4n) is 2.27. The molecule has 0 aromatic heterocycles. The monoisotopic (exact) mass is 232 g/mol. The lowest BCUT2D eigenvalue weighted by atomic mass is 10.1. The first-order chi connectivity index (χ1) is 8.31. The number of nitrogens with zero attached hydrogens (tertiary/aromatic N) is 1. The summed E-state index contributed by atoms with van der Waals surface area (Å²) in [4.78, 5) is 14.2. The summed E-state index contributed by atoms with van der Waals surface area (Å²) in [6.07, 6.45) is 0.976. The molecule has 3 heteroatoms. The van der Waals surface area contributed by atoms with Crippen LogP contribution in [0.4, 0.5) is 0 Å². The Hall–Kier alpha value is -1.35. The van der Waals surface area contributed by atoms with Crippen molar-refractivity contribution >= 4 is 5.91 Å². The molecule has 1 N–H and O–H groups in total. The van der Waals surface area contributed by atoms with E-state index in [4.69, 9.17) is 0 Å². The largest absolute Gasteiger partial charge is 0.338 e. The van der Waals surface area contributed by atoms with Gasteiger partial charge in [0.2, 0.25) is 5.91 Å². The van der Waals surface area contributed by atoms with E-state index in [2.05, 4.69) is 17.4 Å². The SMILES string of the molecule is CCN(Cc1ccccc1)C(=O)[C@H]1CCNC1. The van der Waals surface area contributed by atoms with Crippen molar-refractivity contribution in [1.82, 2.24) is 10.2 Å². The van der Waals surface area contributed by atoms with Crippen LogP contribution in [-0.4, -0.2) is 30.4 Å². The highest BCUT2D eigenvalue weighted by Crippen LogP contribution is 2.14. The van der Waals surface area contributed by atoms with Gasteiger partial charge in [-0.25, -0.2) is 0 Å². The van der Waals surface area contributed by atoms with Gasteiger partial charge in [0.15, 0.2) is 0 Å². The normalized spacial score (nSPS) is 19.2. The average molecular weight is 232 g/mol. The molecular formula is C14H20N2O. The molecule has 17 heavy (non-hydrogen) atoms. The molecule has 2 rings (SSSR count). The molecule has 1 aliphatic heterocycles. The van der Waals surface area contributed by atoms with Gasteiger partial charge in [-0.2, -0.15) is 0 Å². The van der Waals surface area contributed by atoms with Crippen LogP contribution < -0.4 is 5.32 Å². The van der Waals surface area contributed by atoms with Crippen molar-refractivity contribution < 1.29 is 4.79 Å². The molecule has 1 aromatic rings. The van der Waals surface area contributed by atoms with Crippen LogP contribution in [0.1, 0.15) is 18.9 Å². The third-order valence-electron chi connectivity index (χ3n) is 3.32. The van der Waals surface area contributed by atoms with Crippen molar-refractivity contribution in [2.75, 3.05) is 19.6 Å². The van der Waals surface area contributed by atoms with Crippen LogP contribution >= 0.6 is 0 Å². The zero-order chi connectivity index (χ0) is 12.1. The first-order valence-corrected chi connectivity index (χ1v) is 6.34. The summed E-state index contributed by atoms with van der Waals surface area (Å²) in [6.45, 7) is 5.36. The summed E-state index contributed by atoms with van der Waals surface area (Å²) in [7, 11) is 0. The van der Waals surface area contributed by atoms with Gasteiger partial charge < -0.3 is 10.2 Å². The highest BCUT2D eigenvalue weighted by molar-refractivity contribution is 5.79. The second-order valence-electron chi connectivity index (χ2n) is 4.53. The van der Waals surface area contributed by atoms with E-state index < -0.39 is 0 Å². The lowest BCUT2D eigenvalue weighted by Crippen LogP contribution is -2.36. The van der Waals surface area contributed by atoms with Gasteiger partial charge in [-0.1, -0.05) is 30.3 Å². The summed E-state index contributed by atoms with van der Waals surface area (Å²) in [5.41, 5.74) is 1.20. The van der Waals surface area contributed by atoms with Gasteiger partial charge in [0, 0.05) is 19.6 Å². The number of nitrogens with one attached hydrogen (secondary N) is 1. The molecule has 1 aromatic carbocycles. The first kappa shape index (κ1) is 12.1. The minimum Gasteiger partial charge on any atom is -0.338 e. The average Bonchev–Trinajstić information content (AvgIpc) is 2.90. The standard InChI is InChI=1S/C14H20N2O/c1-2-16(11-12-6-4-3-5-7-12)14(17)13-8-9-15-10-13/h3-7,13,15H,2,8-11H2,1H3/t13-/m0/s1. The van der Waals surface area contributed by atoms with E-state index in [0.717, 1.165) is 32.6 Å². The topological polar surface area (TPSA) is 32.3 Å². The Morgan fingerprint density at radius 1 is 1.41 bits per heavy atom. The van der Waals surface area contributed by atoms with Gasteiger partial charge >= 0.3 is 0 Å². The zero-order valence-electron chi connectivity index (χ0n) is 10.4. The number of benzene rings is 1. The summed E-state index contributed by atoms with van der Waals surface area (Å²) >= 11 is 0. The van der Waals surface area contributed by atoms with Gasteiger partial charge in [0.1, 0.15) is 0 Å². The van der Waals surface area contributed by atoms with Crippen molar-refractivity contribution in [2.24, 2.45) is 5.92 Å². The lowest BCUT2D eigenvalue weighted by Gasteiger charge is -2.24. The predicted octanol–water partition coefficient (Wildman–Crippen LogP) is 1.64. The van der Waals surface area contributed by atoms with E-state index in [1.165, 1.54) is 5.56 Å². The second kappa shape index (κ2) is 5.82. The van der Waals surface area contributed by atoms with Crippen molar-refractivity contribution in [3.63, 3.8) is 0 Å². The van der Waals surface area contributed by atoms with E-state index in [0.29, 0.717) is 5.91 Å². The molecule has 1 amide bonds. The molecule has 0 radical (unpaired) electrons. The number of amides is 1. The summed E-state index contributed by atoms with van der Waals surface area (Å²) < 4.78 is 0. The quantitative estimate of drug-likeness (QED) is 0.856. The van der Waals surface area contributed by atoms with Crippen molar-refractivity contribution in [3.05, 3.63) is 35.9 Å². The molecule has 0 saturated carbocycles. The summed E-state index contributed by atoms with van der Waals surface area (Å²) in [6, 6.07) is 10.2. The maximum atomic E-state index is 12.3. The minimum absolute atomic E-state index is 0.179. The molecule has 92 valence electrons. The van der Waals surface area contributed by atoms with E-state index in [9.17, 15) is 4.79 Å². The minimum atomic E-state index is 0.179. The van der Waals surface area contributed by atoms with Gasteiger partial charge in [-0.15, -0.1) is 0 Å². The fraction of sp³-hybridized carbons (Fsp3) is 0.500. The van der Waals surface area contributed by atoms with Crippen molar-refractivity contribution in [3.8, 4) is 0 Å². The summed E-state index contributed by atoms with van der Waals surface area (Å²) in [5.74, 6) is 0.472. The van der Waals surface area contributed by atoms with E-state index >= 15 is 0 Å².